The van der Waals surface area contributed by atoms with Crippen LogP contribution in [-0.4, -0.2) is 51.6 Å². The first-order valence-electron chi connectivity index (χ1n) is 12.0. The fourth-order valence-electron chi connectivity index (χ4n) is 3.56. The van der Waals surface area contributed by atoms with Crippen LogP contribution in [0.15, 0.2) is 46.0 Å². The van der Waals surface area contributed by atoms with E-state index in [1.807, 2.05) is 13.8 Å². The van der Waals surface area contributed by atoms with Crippen LogP contribution in [0.5, 0.6) is 5.75 Å². The van der Waals surface area contributed by atoms with Crippen molar-refractivity contribution in [1.82, 2.24) is 10.4 Å². The van der Waals surface area contributed by atoms with Crippen molar-refractivity contribution < 1.29 is 28.9 Å². The second kappa shape index (κ2) is 13.8. The first-order valence-corrected chi connectivity index (χ1v) is 14.2. The molecule has 3 atom stereocenters. The molecule has 3 N–H and O–H groups in total. The van der Waals surface area contributed by atoms with E-state index in [9.17, 15) is 24.1 Å². The van der Waals surface area contributed by atoms with Gasteiger partial charge in [-0.1, -0.05) is 64.5 Å². The van der Waals surface area contributed by atoms with Crippen LogP contribution in [0.1, 0.15) is 47.5 Å². The van der Waals surface area contributed by atoms with E-state index in [0.29, 0.717) is 28.5 Å². The summed E-state index contributed by atoms with van der Waals surface area (Å²) in [7, 11) is 1.48. The Morgan fingerprint density at radius 1 is 1.14 bits per heavy atom. The number of amides is 4. The van der Waals surface area contributed by atoms with Gasteiger partial charge in [0.2, 0.25) is 10.1 Å². The predicted octanol–water partition coefficient (Wildman–Crippen LogP) is 4.90. The van der Waals surface area contributed by atoms with Gasteiger partial charge in [0.1, 0.15) is 17.5 Å². The summed E-state index contributed by atoms with van der Waals surface area (Å²) in [6, 6.07) is 8.11. The minimum absolute atomic E-state index is 0.00569. The van der Waals surface area contributed by atoms with Crippen molar-refractivity contribution in [2.24, 2.45) is 17.3 Å². The number of imide groups is 1. The molecule has 0 saturated heterocycles. The van der Waals surface area contributed by atoms with E-state index in [0.717, 1.165) is 0 Å². The molecule has 1 unspecified atom stereocenters. The lowest BCUT2D eigenvalue weighted by Crippen LogP contribution is -2.56. The van der Waals surface area contributed by atoms with Crippen molar-refractivity contribution in [2.75, 3.05) is 18.2 Å². The van der Waals surface area contributed by atoms with Gasteiger partial charge in [-0.2, -0.15) is 0 Å². The monoisotopic (exact) mass is 551 g/mol. The molecule has 1 aromatic carbocycles. The number of nitrogens with zero attached hydrogens (tertiary/aromatic N) is 1. The first kappa shape index (κ1) is 30.6. The summed E-state index contributed by atoms with van der Waals surface area (Å²) in [5.41, 5.74) is -0.344. The van der Waals surface area contributed by atoms with Gasteiger partial charge in [0.25, 0.3) is 5.91 Å². The van der Waals surface area contributed by atoms with Crippen molar-refractivity contribution in [3.63, 3.8) is 0 Å². The normalized spacial score (nSPS) is 14.0. The third-order valence-electron chi connectivity index (χ3n) is 5.68. The van der Waals surface area contributed by atoms with Crippen molar-refractivity contribution >= 4 is 46.0 Å². The first-order chi connectivity index (χ1) is 17.3. The molecule has 0 radical (unpaired) electrons. The van der Waals surface area contributed by atoms with Gasteiger partial charge in [-0.15, -0.1) is 5.06 Å². The Labute approximate surface area is 225 Å². The van der Waals surface area contributed by atoms with Crippen LogP contribution in [-0.2, 0) is 20.8 Å². The summed E-state index contributed by atoms with van der Waals surface area (Å²) in [6.07, 6.45) is 1.01. The molecule has 1 heterocycles. The number of ether oxygens (including phenoxy) is 1. The quantitative estimate of drug-likeness (QED) is 0.207. The molecular formula is C26H37N3O6S2. The van der Waals surface area contributed by atoms with Gasteiger partial charge in [-0.05, 0) is 52.5 Å². The van der Waals surface area contributed by atoms with Crippen molar-refractivity contribution in [3.05, 3.63) is 41.8 Å². The number of urea groups is 1. The molecule has 1 aromatic heterocycles. The van der Waals surface area contributed by atoms with Gasteiger partial charge in [-0.25, -0.2) is 4.79 Å². The maximum absolute atomic E-state index is 13.1. The maximum atomic E-state index is 13.1. The number of rotatable bonds is 11. The summed E-state index contributed by atoms with van der Waals surface area (Å²) in [4.78, 5) is 39.2. The number of para-hydroxylation sites is 2. The fraction of sp³-hybridized carbons (Fsp3) is 0.500. The minimum atomic E-state index is -1.45. The molecule has 0 aliphatic rings. The molecule has 0 aliphatic carbocycles. The van der Waals surface area contributed by atoms with E-state index in [-0.39, 0.29) is 16.7 Å². The van der Waals surface area contributed by atoms with Crippen LogP contribution in [0, 0.1) is 17.3 Å². The Kier molecular flexibility index (Phi) is 11.4. The van der Waals surface area contributed by atoms with Gasteiger partial charge in [0, 0.05) is 6.07 Å². The Morgan fingerprint density at radius 2 is 1.81 bits per heavy atom. The van der Waals surface area contributed by atoms with Crippen LogP contribution >= 0.6 is 11.3 Å². The average Bonchev–Trinajstić information content (AvgIpc) is 3.38. The topological polar surface area (TPSA) is 131 Å². The van der Waals surface area contributed by atoms with Gasteiger partial charge in [0.05, 0.1) is 18.7 Å². The van der Waals surface area contributed by atoms with E-state index >= 15 is 0 Å². The highest BCUT2D eigenvalue weighted by atomic mass is 32.2. The third kappa shape index (κ3) is 9.03. The number of methoxy groups -OCH3 is 1. The number of anilines is 1. The fourth-order valence-corrected chi connectivity index (χ4v) is 5.87. The zero-order valence-corrected chi connectivity index (χ0v) is 23.8. The van der Waals surface area contributed by atoms with Crippen LogP contribution < -0.4 is 15.4 Å². The van der Waals surface area contributed by atoms with Gasteiger partial charge < -0.3 is 19.9 Å². The highest BCUT2D eigenvalue weighted by Crippen LogP contribution is 2.27. The average molecular weight is 552 g/mol. The predicted molar refractivity (Wildman–Crippen MR) is 145 cm³/mol. The number of hydrogen-bond acceptors (Lipinski definition) is 7. The summed E-state index contributed by atoms with van der Waals surface area (Å²) in [5.74, 6) is -1.54. The number of benzene rings is 1. The number of hydroxylamine groups is 2. The molecular weight excluding hydrogens is 514 g/mol. The zero-order chi connectivity index (χ0) is 27.8. The molecule has 11 heteroatoms. The summed E-state index contributed by atoms with van der Waals surface area (Å²) >= 11 is -0.132. The van der Waals surface area contributed by atoms with Crippen LogP contribution in [0.3, 0.4) is 0 Å². The van der Waals surface area contributed by atoms with Gasteiger partial charge in [-0.3, -0.25) is 14.8 Å². The molecule has 37 heavy (non-hydrogen) atoms. The lowest BCUT2D eigenvalue weighted by atomic mass is 9.86. The maximum Gasteiger partial charge on any atom is 0.349 e. The molecule has 204 valence electrons. The smallest absolute Gasteiger partial charge is 0.349 e. The SMILES string of the molecule is COc1ccccc1NC(=O)[C@@H](NC(=O)N(O)C(=O)[C@H](CCC(C)C)C[S+]([O-])c1cccs1)C(C)(C)C. The van der Waals surface area contributed by atoms with E-state index in [2.05, 4.69) is 10.6 Å². The van der Waals surface area contributed by atoms with Crippen molar-refractivity contribution in [1.29, 1.82) is 0 Å². The van der Waals surface area contributed by atoms with Crippen LogP contribution in [0.2, 0.25) is 0 Å². The number of hydrogen-bond donors (Lipinski definition) is 3. The molecule has 2 aromatic rings. The summed E-state index contributed by atoms with van der Waals surface area (Å²) in [5, 5.41) is 17.6. The van der Waals surface area contributed by atoms with E-state index in [1.165, 1.54) is 18.4 Å². The molecule has 0 fully saturated rings. The molecule has 2 rings (SSSR count). The second-order valence-electron chi connectivity index (χ2n) is 10.2. The summed E-state index contributed by atoms with van der Waals surface area (Å²) < 4.78 is 18.7. The molecule has 9 nitrogen and oxygen atoms in total. The Morgan fingerprint density at radius 3 is 2.38 bits per heavy atom. The van der Waals surface area contributed by atoms with Crippen LogP contribution in [0.4, 0.5) is 10.5 Å². The van der Waals surface area contributed by atoms with Gasteiger partial charge >= 0.3 is 6.03 Å². The van der Waals surface area contributed by atoms with Gasteiger partial charge in [0.15, 0.2) is 0 Å². The highest BCUT2D eigenvalue weighted by Gasteiger charge is 2.38. The van der Waals surface area contributed by atoms with E-state index < -0.39 is 46.4 Å². The minimum Gasteiger partial charge on any atom is -0.611 e. The second-order valence-corrected chi connectivity index (χ2v) is 12.9. The third-order valence-corrected chi connectivity index (χ3v) is 8.47. The molecule has 0 saturated carbocycles. The Balaban J connectivity index is 2.17. The number of nitrogens with one attached hydrogen (secondary N) is 2. The largest absolute Gasteiger partial charge is 0.611 e. The standard InChI is InChI=1S/C26H37N3O6S2/c1-17(2)13-14-18(16-37(34)21-12-9-15-36-21)24(31)29(33)25(32)28-22(26(3,4)5)23(30)27-19-10-7-8-11-20(19)35-6/h7-12,15,17-18,22,33H,13-14,16H2,1-6H3,(H,27,30)(H,28,32)/t18-,22-,37?/m1/s1. The van der Waals surface area contributed by atoms with Crippen LogP contribution in [0.25, 0.3) is 0 Å². The molecule has 0 aliphatic heterocycles. The lowest BCUT2D eigenvalue weighted by molar-refractivity contribution is -0.157. The lowest BCUT2D eigenvalue weighted by Gasteiger charge is -2.31. The number of carbonyl (C=O) groups is 3. The van der Waals surface area contributed by atoms with Crippen molar-refractivity contribution in [3.8, 4) is 5.75 Å². The number of thiophene rings is 1. The summed E-state index contributed by atoms with van der Waals surface area (Å²) in [6.45, 7) is 9.24. The Hall–Kier alpha value is -2.60. The Bertz CT molecular complexity index is 1040. The van der Waals surface area contributed by atoms with Crippen molar-refractivity contribution in [2.45, 2.75) is 57.7 Å². The highest BCUT2D eigenvalue weighted by molar-refractivity contribution is 7.93. The molecule has 0 spiro atoms. The zero-order valence-electron chi connectivity index (χ0n) is 22.1. The van der Waals surface area contributed by atoms with E-state index in [4.69, 9.17) is 4.74 Å². The number of carbonyl (C=O) groups excluding carboxylic acids is 3. The molecule has 0 bridgehead atoms. The van der Waals surface area contributed by atoms with E-state index in [1.54, 1.807) is 62.5 Å². The molecule has 4 amide bonds.